The van der Waals surface area contributed by atoms with Gasteiger partial charge in [-0.25, -0.2) is 0 Å². The summed E-state index contributed by atoms with van der Waals surface area (Å²) < 4.78 is 8.70. The molecular weight excluding hydrogens is 295 g/mol. The van der Waals surface area contributed by atoms with E-state index in [1.165, 1.54) is 32.3 Å². The van der Waals surface area contributed by atoms with Gasteiger partial charge in [-0.2, -0.15) is 0 Å². The molecular formula is C18H14O3P+. The summed E-state index contributed by atoms with van der Waals surface area (Å²) in [6.45, 7) is 0. The molecule has 0 aromatic heterocycles. The SMILES string of the molecule is O=[P+](O)O.c1ccc2cc3cc4ccccc4cc3cc2c1. The van der Waals surface area contributed by atoms with Crippen LogP contribution in [0.15, 0.2) is 72.8 Å². The molecule has 0 aliphatic heterocycles. The van der Waals surface area contributed by atoms with E-state index in [-0.39, 0.29) is 0 Å². The van der Waals surface area contributed by atoms with Gasteiger partial charge < -0.3 is 0 Å². The average Bonchev–Trinajstić information content (AvgIpc) is 2.50. The van der Waals surface area contributed by atoms with E-state index in [1.807, 2.05) is 0 Å². The van der Waals surface area contributed by atoms with Crippen LogP contribution in [0.25, 0.3) is 32.3 Å². The van der Waals surface area contributed by atoms with E-state index >= 15 is 0 Å². The second-order valence-electron chi connectivity index (χ2n) is 5.00. The molecule has 0 aliphatic rings. The summed E-state index contributed by atoms with van der Waals surface area (Å²) in [6.07, 6.45) is 0. The highest BCUT2D eigenvalue weighted by molar-refractivity contribution is 7.30. The van der Waals surface area contributed by atoms with Crippen LogP contribution in [0.4, 0.5) is 0 Å². The third-order valence-electron chi connectivity index (χ3n) is 3.57. The van der Waals surface area contributed by atoms with Crippen molar-refractivity contribution in [2.45, 2.75) is 0 Å². The summed E-state index contributed by atoms with van der Waals surface area (Å²) in [5, 5.41) is 7.85. The molecule has 0 saturated carbocycles. The Bertz CT molecular complexity index is 831. The van der Waals surface area contributed by atoms with Crippen molar-refractivity contribution in [3.8, 4) is 0 Å². The van der Waals surface area contributed by atoms with Crippen LogP contribution in [0, 0.1) is 0 Å². The predicted molar refractivity (Wildman–Crippen MR) is 91.0 cm³/mol. The zero-order valence-electron chi connectivity index (χ0n) is 11.7. The van der Waals surface area contributed by atoms with E-state index in [1.54, 1.807) is 0 Å². The zero-order valence-corrected chi connectivity index (χ0v) is 12.6. The van der Waals surface area contributed by atoms with Gasteiger partial charge in [-0.3, -0.25) is 0 Å². The van der Waals surface area contributed by atoms with Crippen LogP contribution in [0.2, 0.25) is 0 Å². The summed E-state index contributed by atoms with van der Waals surface area (Å²) >= 11 is 0. The van der Waals surface area contributed by atoms with Gasteiger partial charge in [0, 0.05) is 4.57 Å². The molecule has 0 saturated heterocycles. The maximum absolute atomic E-state index is 8.70. The molecule has 0 radical (unpaired) electrons. The molecule has 4 heteroatoms. The second-order valence-corrected chi connectivity index (χ2v) is 5.50. The highest BCUT2D eigenvalue weighted by Crippen LogP contribution is 2.27. The highest BCUT2D eigenvalue weighted by atomic mass is 31.1. The molecule has 108 valence electrons. The first-order chi connectivity index (χ1) is 10.6. The van der Waals surface area contributed by atoms with E-state index in [0.29, 0.717) is 0 Å². The van der Waals surface area contributed by atoms with Crippen molar-refractivity contribution in [2.24, 2.45) is 0 Å². The Morgan fingerprint density at radius 1 is 0.545 bits per heavy atom. The minimum Gasteiger partial charge on any atom is -0.134 e. The quantitative estimate of drug-likeness (QED) is 0.363. The van der Waals surface area contributed by atoms with Gasteiger partial charge in [-0.15, -0.1) is 9.79 Å². The standard InChI is InChI=1S/C18H12.HO3P/c1-2-6-14-10-18-12-16-8-4-3-7-15(16)11-17(18)9-13(14)5-1;1-4(2)3/h1-12H;(H-,1,2,3)/p+1. The lowest BCUT2D eigenvalue weighted by molar-refractivity contribution is 0.405. The molecule has 0 fully saturated rings. The highest BCUT2D eigenvalue weighted by Gasteiger charge is 2.00. The van der Waals surface area contributed by atoms with Crippen molar-refractivity contribution in [1.82, 2.24) is 0 Å². The maximum Gasteiger partial charge on any atom is 0.692 e. The molecule has 0 bridgehead atoms. The number of benzene rings is 4. The van der Waals surface area contributed by atoms with Crippen molar-refractivity contribution in [3.05, 3.63) is 72.8 Å². The lowest BCUT2D eigenvalue weighted by atomic mass is 10.00. The Hall–Kier alpha value is -2.32. The minimum absolute atomic E-state index is 1.31. The fourth-order valence-corrected chi connectivity index (χ4v) is 2.63. The molecule has 3 nitrogen and oxygen atoms in total. The lowest BCUT2D eigenvalue weighted by Gasteiger charge is -2.04. The van der Waals surface area contributed by atoms with Crippen LogP contribution in [-0.4, -0.2) is 9.79 Å². The molecule has 0 heterocycles. The summed E-state index contributed by atoms with van der Waals surface area (Å²) in [5.41, 5.74) is 0. The molecule has 4 aromatic carbocycles. The van der Waals surface area contributed by atoms with E-state index in [2.05, 4.69) is 72.8 Å². The van der Waals surface area contributed by atoms with Gasteiger partial charge in [0.1, 0.15) is 0 Å². The number of fused-ring (bicyclic) bond motifs is 3. The molecule has 22 heavy (non-hydrogen) atoms. The van der Waals surface area contributed by atoms with E-state index < -0.39 is 8.25 Å². The van der Waals surface area contributed by atoms with Gasteiger partial charge in [0.05, 0.1) is 0 Å². The molecule has 0 spiro atoms. The Labute approximate surface area is 128 Å². The molecule has 0 atom stereocenters. The second kappa shape index (κ2) is 6.20. The molecule has 4 rings (SSSR count). The molecule has 0 aliphatic carbocycles. The van der Waals surface area contributed by atoms with E-state index in [0.717, 1.165) is 0 Å². The first-order valence-corrected chi connectivity index (χ1v) is 7.96. The fraction of sp³-hybridized carbons (Fsp3) is 0. The largest absolute Gasteiger partial charge is 0.692 e. The third-order valence-corrected chi connectivity index (χ3v) is 3.57. The van der Waals surface area contributed by atoms with Crippen LogP contribution in [0.1, 0.15) is 0 Å². The fourth-order valence-electron chi connectivity index (χ4n) is 2.63. The minimum atomic E-state index is -2.87. The van der Waals surface area contributed by atoms with Crippen LogP contribution in [0.5, 0.6) is 0 Å². The summed E-state index contributed by atoms with van der Waals surface area (Å²) in [7, 11) is -2.87. The van der Waals surface area contributed by atoms with Crippen molar-refractivity contribution in [2.75, 3.05) is 0 Å². The summed E-state index contributed by atoms with van der Waals surface area (Å²) in [5.74, 6) is 0. The normalized spacial score (nSPS) is 10.5. The van der Waals surface area contributed by atoms with E-state index in [9.17, 15) is 0 Å². The molecule has 0 unspecified atom stereocenters. The Kier molecular flexibility index (Phi) is 4.12. The topological polar surface area (TPSA) is 57.5 Å². The van der Waals surface area contributed by atoms with Gasteiger partial charge in [0.15, 0.2) is 0 Å². The smallest absolute Gasteiger partial charge is 0.134 e. The van der Waals surface area contributed by atoms with Gasteiger partial charge in [0.25, 0.3) is 0 Å². The van der Waals surface area contributed by atoms with Crippen molar-refractivity contribution in [3.63, 3.8) is 0 Å². The summed E-state index contributed by atoms with van der Waals surface area (Å²) in [6, 6.07) is 26.2. The number of hydrogen-bond donors (Lipinski definition) is 2. The molecule has 2 N–H and O–H groups in total. The monoisotopic (exact) mass is 309 g/mol. The number of rotatable bonds is 0. The predicted octanol–water partition coefficient (Wildman–Crippen LogP) is 4.77. The Morgan fingerprint density at radius 3 is 1.00 bits per heavy atom. The average molecular weight is 309 g/mol. The van der Waals surface area contributed by atoms with Crippen molar-refractivity contribution >= 4 is 40.6 Å². The summed E-state index contributed by atoms with van der Waals surface area (Å²) in [4.78, 5) is 14.2. The first-order valence-electron chi connectivity index (χ1n) is 6.80. The first kappa shape index (κ1) is 14.6. The van der Waals surface area contributed by atoms with Crippen molar-refractivity contribution in [1.29, 1.82) is 0 Å². The van der Waals surface area contributed by atoms with Gasteiger partial charge in [-0.1, -0.05) is 48.5 Å². The van der Waals surface area contributed by atoms with Crippen LogP contribution < -0.4 is 0 Å². The lowest BCUT2D eigenvalue weighted by Crippen LogP contribution is -1.78. The van der Waals surface area contributed by atoms with Crippen LogP contribution >= 0.6 is 8.25 Å². The van der Waals surface area contributed by atoms with Crippen LogP contribution in [-0.2, 0) is 4.57 Å². The van der Waals surface area contributed by atoms with Crippen LogP contribution in [0.3, 0.4) is 0 Å². The van der Waals surface area contributed by atoms with Crippen molar-refractivity contribution < 1.29 is 14.4 Å². The van der Waals surface area contributed by atoms with Gasteiger partial charge in [-0.05, 0) is 56.6 Å². The Morgan fingerprint density at radius 2 is 0.773 bits per heavy atom. The maximum atomic E-state index is 8.70. The van der Waals surface area contributed by atoms with E-state index in [4.69, 9.17) is 14.4 Å². The zero-order chi connectivity index (χ0) is 15.5. The van der Waals surface area contributed by atoms with Gasteiger partial charge >= 0.3 is 8.25 Å². The number of hydrogen-bond acceptors (Lipinski definition) is 1. The molecule has 0 amide bonds. The molecule has 4 aromatic rings. The Balaban J connectivity index is 0.000000325. The van der Waals surface area contributed by atoms with Gasteiger partial charge in [0.2, 0.25) is 0 Å². The third kappa shape index (κ3) is 3.12.